The molecule has 5 nitrogen and oxygen atoms in total. The first-order valence-electron chi connectivity index (χ1n) is 8.97. The van der Waals surface area contributed by atoms with Crippen LogP contribution in [0, 0.1) is 13.8 Å². The Morgan fingerprint density at radius 3 is 2.37 bits per heavy atom. The maximum Gasteiger partial charge on any atom is 0.237 e. The zero-order valence-electron chi connectivity index (χ0n) is 16.1. The SMILES string of the molecule is Cc1ccccc1-n1c(C)nnc1SCC(=O)N(c1ccccc1)C(C)C. The minimum Gasteiger partial charge on any atom is -0.309 e. The van der Waals surface area contributed by atoms with Gasteiger partial charge in [-0.15, -0.1) is 10.2 Å². The number of hydrogen-bond acceptors (Lipinski definition) is 4. The van der Waals surface area contributed by atoms with Crippen LogP contribution in [0.1, 0.15) is 25.2 Å². The van der Waals surface area contributed by atoms with E-state index in [1.165, 1.54) is 11.8 Å². The highest BCUT2D eigenvalue weighted by Crippen LogP contribution is 2.25. The number of amides is 1. The number of aryl methyl sites for hydroxylation is 2. The van der Waals surface area contributed by atoms with Gasteiger partial charge in [-0.25, -0.2) is 0 Å². The first kappa shape index (κ1) is 19.2. The fourth-order valence-electron chi connectivity index (χ4n) is 3.04. The van der Waals surface area contributed by atoms with Crippen molar-refractivity contribution in [2.24, 2.45) is 0 Å². The summed E-state index contributed by atoms with van der Waals surface area (Å²) in [6, 6.07) is 18.0. The first-order valence-corrected chi connectivity index (χ1v) is 9.95. The fraction of sp³-hybridized carbons (Fsp3) is 0.286. The van der Waals surface area contributed by atoms with Crippen LogP contribution in [-0.2, 0) is 4.79 Å². The van der Waals surface area contributed by atoms with Gasteiger partial charge < -0.3 is 4.90 Å². The van der Waals surface area contributed by atoms with Gasteiger partial charge in [0.2, 0.25) is 5.91 Å². The molecule has 0 aliphatic heterocycles. The Bertz CT molecular complexity index is 921. The van der Waals surface area contributed by atoms with E-state index in [9.17, 15) is 4.79 Å². The molecule has 0 spiro atoms. The summed E-state index contributed by atoms with van der Waals surface area (Å²) >= 11 is 1.42. The number of rotatable bonds is 6. The molecule has 0 aliphatic carbocycles. The average Bonchev–Trinajstić information content (AvgIpc) is 3.01. The molecule has 0 aliphatic rings. The summed E-state index contributed by atoms with van der Waals surface area (Å²) in [6.45, 7) is 8.03. The topological polar surface area (TPSA) is 51.0 Å². The molecule has 3 rings (SSSR count). The van der Waals surface area contributed by atoms with Crippen molar-refractivity contribution in [1.82, 2.24) is 14.8 Å². The summed E-state index contributed by atoms with van der Waals surface area (Å²) in [6.07, 6.45) is 0. The predicted octanol–water partition coefficient (Wildman–Crippen LogP) is 4.42. The van der Waals surface area contributed by atoms with Crippen LogP contribution in [0.25, 0.3) is 5.69 Å². The number of carbonyl (C=O) groups excluding carboxylic acids is 1. The predicted molar refractivity (Wildman–Crippen MR) is 111 cm³/mol. The molecule has 6 heteroatoms. The Hall–Kier alpha value is -2.60. The summed E-state index contributed by atoms with van der Waals surface area (Å²) in [7, 11) is 0. The summed E-state index contributed by atoms with van der Waals surface area (Å²) in [5, 5.41) is 9.23. The lowest BCUT2D eigenvalue weighted by molar-refractivity contribution is -0.116. The normalized spacial score (nSPS) is 11.0. The smallest absolute Gasteiger partial charge is 0.237 e. The van der Waals surface area contributed by atoms with E-state index in [-0.39, 0.29) is 11.9 Å². The van der Waals surface area contributed by atoms with Gasteiger partial charge >= 0.3 is 0 Å². The van der Waals surface area contributed by atoms with E-state index in [0.29, 0.717) is 5.75 Å². The number of anilines is 1. The highest BCUT2D eigenvalue weighted by atomic mass is 32.2. The van der Waals surface area contributed by atoms with E-state index < -0.39 is 0 Å². The molecular formula is C21H24N4OS. The Kier molecular flexibility index (Phi) is 5.96. The molecule has 2 aromatic carbocycles. The number of aromatic nitrogens is 3. The number of nitrogens with zero attached hydrogens (tertiary/aromatic N) is 4. The van der Waals surface area contributed by atoms with Gasteiger partial charge in [-0.3, -0.25) is 9.36 Å². The first-order chi connectivity index (χ1) is 13.0. The van der Waals surface area contributed by atoms with Crippen LogP contribution in [0.3, 0.4) is 0 Å². The van der Waals surface area contributed by atoms with E-state index >= 15 is 0 Å². The molecule has 0 unspecified atom stereocenters. The number of para-hydroxylation sites is 2. The highest BCUT2D eigenvalue weighted by Gasteiger charge is 2.21. The van der Waals surface area contributed by atoms with Crippen molar-refractivity contribution in [2.45, 2.75) is 38.9 Å². The van der Waals surface area contributed by atoms with Crippen LogP contribution >= 0.6 is 11.8 Å². The van der Waals surface area contributed by atoms with Gasteiger partial charge in [0.1, 0.15) is 5.82 Å². The second-order valence-corrected chi connectivity index (χ2v) is 7.58. The van der Waals surface area contributed by atoms with E-state index in [1.807, 2.05) is 78.8 Å². The Morgan fingerprint density at radius 1 is 1.04 bits per heavy atom. The summed E-state index contributed by atoms with van der Waals surface area (Å²) in [5.74, 6) is 1.16. The van der Waals surface area contributed by atoms with Crippen molar-refractivity contribution in [1.29, 1.82) is 0 Å². The van der Waals surface area contributed by atoms with Crippen molar-refractivity contribution < 1.29 is 4.79 Å². The van der Waals surface area contributed by atoms with E-state index in [2.05, 4.69) is 23.2 Å². The maximum atomic E-state index is 12.9. The number of thioether (sulfide) groups is 1. The second kappa shape index (κ2) is 8.39. The average molecular weight is 381 g/mol. The molecule has 0 saturated carbocycles. The zero-order chi connectivity index (χ0) is 19.4. The quantitative estimate of drug-likeness (QED) is 0.594. The number of carbonyl (C=O) groups is 1. The third-order valence-electron chi connectivity index (χ3n) is 4.30. The standard InChI is InChI=1S/C21H24N4OS/c1-15(2)24(18-11-6-5-7-12-18)20(26)14-27-21-23-22-17(4)25(21)19-13-9-8-10-16(19)3/h5-13,15H,14H2,1-4H3. The molecule has 1 aromatic heterocycles. The molecular weight excluding hydrogens is 356 g/mol. The molecule has 0 N–H and O–H groups in total. The van der Waals surface area contributed by atoms with Crippen LogP contribution in [0.2, 0.25) is 0 Å². The highest BCUT2D eigenvalue weighted by molar-refractivity contribution is 7.99. The lowest BCUT2D eigenvalue weighted by Crippen LogP contribution is -2.38. The minimum atomic E-state index is 0.0539. The molecule has 0 saturated heterocycles. The van der Waals surface area contributed by atoms with E-state index in [0.717, 1.165) is 27.9 Å². The molecule has 1 heterocycles. The summed E-state index contributed by atoms with van der Waals surface area (Å²) < 4.78 is 2.01. The monoisotopic (exact) mass is 380 g/mol. The third kappa shape index (κ3) is 4.22. The molecule has 27 heavy (non-hydrogen) atoms. The van der Waals surface area contributed by atoms with Crippen LogP contribution in [0.5, 0.6) is 0 Å². The van der Waals surface area contributed by atoms with Crippen LogP contribution in [0.15, 0.2) is 59.8 Å². The second-order valence-electron chi connectivity index (χ2n) is 6.63. The van der Waals surface area contributed by atoms with Crippen molar-refractivity contribution in [3.05, 3.63) is 66.0 Å². The summed E-state index contributed by atoms with van der Waals surface area (Å²) in [5.41, 5.74) is 3.09. The lowest BCUT2D eigenvalue weighted by Gasteiger charge is -2.26. The van der Waals surface area contributed by atoms with Gasteiger partial charge in [0, 0.05) is 11.7 Å². The third-order valence-corrected chi connectivity index (χ3v) is 5.21. The molecule has 140 valence electrons. The largest absolute Gasteiger partial charge is 0.309 e. The van der Waals surface area contributed by atoms with Crippen LogP contribution in [-0.4, -0.2) is 32.5 Å². The zero-order valence-corrected chi connectivity index (χ0v) is 16.9. The Balaban J connectivity index is 1.81. The van der Waals surface area contributed by atoms with Crippen molar-refractivity contribution in [3.8, 4) is 5.69 Å². The lowest BCUT2D eigenvalue weighted by atomic mass is 10.2. The van der Waals surface area contributed by atoms with Gasteiger partial charge in [0.05, 0.1) is 11.4 Å². The minimum absolute atomic E-state index is 0.0539. The van der Waals surface area contributed by atoms with Gasteiger partial charge in [-0.2, -0.15) is 0 Å². The fourth-order valence-corrected chi connectivity index (χ4v) is 3.89. The molecule has 3 aromatic rings. The Labute approximate surface area is 164 Å². The van der Waals surface area contributed by atoms with E-state index in [1.54, 1.807) is 0 Å². The van der Waals surface area contributed by atoms with Crippen molar-refractivity contribution >= 4 is 23.4 Å². The molecule has 0 fully saturated rings. The molecule has 0 atom stereocenters. The van der Waals surface area contributed by atoms with Crippen LogP contribution < -0.4 is 4.90 Å². The molecule has 0 radical (unpaired) electrons. The Morgan fingerprint density at radius 2 is 1.70 bits per heavy atom. The van der Waals surface area contributed by atoms with E-state index in [4.69, 9.17) is 0 Å². The van der Waals surface area contributed by atoms with Gasteiger partial charge in [-0.05, 0) is 51.5 Å². The molecule has 1 amide bonds. The van der Waals surface area contributed by atoms with Gasteiger partial charge in [0.15, 0.2) is 5.16 Å². The van der Waals surface area contributed by atoms with Crippen LogP contribution in [0.4, 0.5) is 5.69 Å². The summed E-state index contributed by atoms with van der Waals surface area (Å²) in [4.78, 5) is 14.8. The van der Waals surface area contributed by atoms with Gasteiger partial charge in [0.25, 0.3) is 0 Å². The van der Waals surface area contributed by atoms with Crippen molar-refractivity contribution in [3.63, 3.8) is 0 Å². The number of hydrogen-bond donors (Lipinski definition) is 0. The molecule has 0 bridgehead atoms. The maximum absolute atomic E-state index is 12.9. The van der Waals surface area contributed by atoms with Gasteiger partial charge in [-0.1, -0.05) is 48.2 Å². The number of benzene rings is 2. The van der Waals surface area contributed by atoms with Crippen molar-refractivity contribution in [2.75, 3.05) is 10.7 Å².